The molecule has 1 heterocycles. The fourth-order valence-corrected chi connectivity index (χ4v) is 10.4. The number of carbonyl (C=O) groups is 1. The van der Waals surface area contributed by atoms with Crippen LogP contribution in [0.2, 0.25) is 0 Å². The average Bonchev–Trinajstić information content (AvgIpc) is 3.35. The van der Waals surface area contributed by atoms with Crippen LogP contribution in [-0.2, 0) is 16.1 Å². The molecule has 5 aromatic rings. The van der Waals surface area contributed by atoms with Gasteiger partial charge in [-0.15, -0.1) is 6.58 Å². The maximum Gasteiger partial charge on any atom is 0.416 e. The number of hydrogen-bond donors (Lipinski definition) is 2. The van der Waals surface area contributed by atoms with Crippen molar-refractivity contribution in [3.63, 3.8) is 0 Å². The smallest absolute Gasteiger partial charge is 0.416 e. The second-order valence-electron chi connectivity index (χ2n) is 17.4. The van der Waals surface area contributed by atoms with Gasteiger partial charge in [0, 0.05) is 49.3 Å². The van der Waals surface area contributed by atoms with E-state index in [2.05, 4.69) is 12.7 Å². The Labute approximate surface area is 399 Å². The van der Waals surface area contributed by atoms with Crippen molar-refractivity contribution in [3.05, 3.63) is 165 Å². The van der Waals surface area contributed by atoms with Gasteiger partial charge in [0.2, 0.25) is 5.79 Å². The molecule has 16 heteroatoms. The molecular weight excluding hydrogens is 885 g/mol. The van der Waals surface area contributed by atoms with Gasteiger partial charge in [-0.2, -0.15) is 0 Å². The summed E-state index contributed by atoms with van der Waals surface area (Å²) in [6, 6.07) is 29.5. The summed E-state index contributed by atoms with van der Waals surface area (Å²) in [5.41, 5.74) is 2.72. The number of rotatable bonds is 21. The zero-order chi connectivity index (χ0) is 48.5. The molecule has 0 radical (unpaired) electrons. The number of benzene rings is 5. The molecule has 8 rings (SSSR count). The third-order valence-corrected chi connectivity index (χ3v) is 13.3. The van der Waals surface area contributed by atoms with Crippen molar-refractivity contribution < 1.29 is 48.6 Å². The van der Waals surface area contributed by atoms with E-state index in [0.29, 0.717) is 42.9 Å². The number of carbonyl (C=O) groups excluding carboxylic acids is 1. The van der Waals surface area contributed by atoms with Crippen LogP contribution in [0.15, 0.2) is 139 Å². The Morgan fingerprint density at radius 2 is 1.58 bits per heavy atom. The van der Waals surface area contributed by atoms with Crippen LogP contribution in [0.3, 0.4) is 0 Å². The van der Waals surface area contributed by atoms with Gasteiger partial charge in [-0.25, -0.2) is 4.79 Å². The van der Waals surface area contributed by atoms with E-state index >= 15 is 4.79 Å². The lowest BCUT2D eigenvalue weighted by Gasteiger charge is -2.59. The van der Waals surface area contributed by atoms with Gasteiger partial charge in [0.05, 0.1) is 40.7 Å². The molecule has 360 valence electrons. The Morgan fingerprint density at radius 1 is 0.870 bits per heavy atom. The number of non-ortho nitro benzene ring substituents is 2. The first-order valence-corrected chi connectivity index (χ1v) is 23.4. The molecule has 1 fully saturated rings. The van der Waals surface area contributed by atoms with E-state index in [1.54, 1.807) is 35.2 Å². The van der Waals surface area contributed by atoms with Crippen molar-refractivity contribution in [2.75, 3.05) is 26.4 Å². The lowest BCUT2D eigenvalue weighted by atomic mass is 9.55. The molecule has 16 nitrogen and oxygen atoms in total. The zero-order valence-corrected chi connectivity index (χ0v) is 38.4. The van der Waals surface area contributed by atoms with Crippen LogP contribution >= 0.6 is 0 Å². The lowest BCUT2D eigenvalue weighted by Crippen LogP contribution is -2.70. The topological polar surface area (TPSA) is 206 Å². The second kappa shape index (κ2) is 21.9. The van der Waals surface area contributed by atoms with Crippen molar-refractivity contribution in [2.45, 2.75) is 76.2 Å². The molecule has 1 amide bonds. The van der Waals surface area contributed by atoms with E-state index in [-0.39, 0.29) is 74.1 Å². The minimum atomic E-state index is -1.64. The van der Waals surface area contributed by atoms with Gasteiger partial charge in [-0.1, -0.05) is 78.7 Å². The fraction of sp³-hybridized carbons (Fsp3) is 0.358. The minimum Gasteiger partial charge on any atom is -0.459 e. The van der Waals surface area contributed by atoms with E-state index in [1.165, 1.54) is 36.4 Å². The fourth-order valence-electron chi connectivity index (χ4n) is 10.4. The molecule has 2 aliphatic carbocycles. The molecule has 6 atom stereocenters. The van der Waals surface area contributed by atoms with E-state index in [1.807, 2.05) is 55.5 Å². The molecule has 0 bridgehead atoms. The summed E-state index contributed by atoms with van der Waals surface area (Å²) in [7, 11) is 0. The van der Waals surface area contributed by atoms with Crippen LogP contribution < -0.4 is 14.2 Å². The first-order chi connectivity index (χ1) is 33.6. The van der Waals surface area contributed by atoms with Crippen LogP contribution in [0.5, 0.6) is 23.0 Å². The second-order valence-corrected chi connectivity index (χ2v) is 17.4. The summed E-state index contributed by atoms with van der Waals surface area (Å²) in [4.78, 5) is 45.1. The number of allylic oxidation sites excluding steroid dienone is 1. The molecule has 5 aromatic carbocycles. The quantitative estimate of drug-likeness (QED) is 0.0305. The monoisotopic (exact) mass is 940 g/mol. The average molecular weight is 941 g/mol. The van der Waals surface area contributed by atoms with Gasteiger partial charge in [0.1, 0.15) is 35.6 Å². The number of nitro groups is 2. The molecule has 0 spiro atoms. The van der Waals surface area contributed by atoms with Crippen molar-refractivity contribution in [1.29, 1.82) is 0 Å². The van der Waals surface area contributed by atoms with Gasteiger partial charge >= 0.3 is 6.09 Å². The Balaban J connectivity index is 1.35. The number of oxime groups is 1. The van der Waals surface area contributed by atoms with Crippen LogP contribution in [0.25, 0.3) is 10.8 Å². The summed E-state index contributed by atoms with van der Waals surface area (Å²) in [5, 5.41) is 50.0. The molecule has 0 aromatic heterocycles. The van der Waals surface area contributed by atoms with E-state index in [9.17, 15) is 30.4 Å². The predicted octanol–water partition coefficient (Wildman–Crippen LogP) is 10.8. The zero-order valence-electron chi connectivity index (χ0n) is 38.4. The Hall–Kier alpha value is -7.14. The molecule has 3 aliphatic rings. The number of amides is 1. The molecule has 6 unspecified atom stereocenters. The Bertz CT molecular complexity index is 2720. The minimum absolute atomic E-state index is 0.0115. The molecule has 2 N–H and O–H groups in total. The van der Waals surface area contributed by atoms with E-state index in [0.717, 1.165) is 40.3 Å². The van der Waals surface area contributed by atoms with E-state index < -0.39 is 39.6 Å². The first-order valence-electron chi connectivity index (χ1n) is 23.4. The number of hydrogen-bond acceptors (Lipinski definition) is 13. The first kappa shape index (κ1) is 48.3. The molecular formula is C53H56N4O12. The van der Waals surface area contributed by atoms with Gasteiger partial charge in [0.15, 0.2) is 0 Å². The number of ether oxygens (including phenoxy) is 4. The lowest BCUT2D eigenvalue weighted by molar-refractivity contribution is -0.385. The number of unbranched alkanes of at least 4 members (excludes halogenated alkanes) is 2. The van der Waals surface area contributed by atoms with Gasteiger partial charge in [0.25, 0.3) is 11.4 Å². The van der Waals surface area contributed by atoms with Crippen molar-refractivity contribution in [3.8, 4) is 23.0 Å². The highest BCUT2D eigenvalue weighted by Crippen LogP contribution is 2.62. The maximum atomic E-state index is 15.2. The summed E-state index contributed by atoms with van der Waals surface area (Å²) in [6.07, 6.45) is 7.22. The van der Waals surface area contributed by atoms with Crippen LogP contribution in [0.1, 0.15) is 68.9 Å². The van der Waals surface area contributed by atoms with Crippen LogP contribution in [0.4, 0.5) is 16.2 Å². The molecule has 0 saturated heterocycles. The highest BCUT2D eigenvalue weighted by atomic mass is 16.7. The van der Waals surface area contributed by atoms with Crippen molar-refractivity contribution in [2.24, 2.45) is 22.9 Å². The number of aliphatic hydroxyl groups is 2. The van der Waals surface area contributed by atoms with Gasteiger partial charge < -0.3 is 34.0 Å². The Kier molecular flexibility index (Phi) is 15.3. The van der Waals surface area contributed by atoms with Crippen LogP contribution in [-0.4, -0.2) is 75.0 Å². The number of aliphatic hydroxyl groups excluding tert-OH is 2. The summed E-state index contributed by atoms with van der Waals surface area (Å²) in [5.74, 6) is -1.60. The highest BCUT2D eigenvalue weighted by molar-refractivity contribution is 6.03. The Morgan fingerprint density at radius 3 is 2.32 bits per heavy atom. The molecule has 1 aliphatic heterocycles. The standard InChI is InChI=1S/C53H56N4O12/c1-3-29-65-53-49(55(34-37-16-11-15-35-13-5-6-19-43(35)37)52(60)68-40-23-21-38(22-24-40)56(61)62)33-47(54-66-4-2)45-30-36(14-7-9-27-58)44(20-8-10-28-59)50(51(45)53)46-32-42(25-26-48(46)69-53)67-41-18-12-17-39(31-41)57(63)64/h3,5-6,11-13,15-19,21-26,30-32,36,44,49-51,58-59H,1,4,7-10,14,20,27-29,33-34H2,2H3. The number of nitrogens with zero attached hydrogens (tertiary/aromatic N) is 4. The summed E-state index contributed by atoms with van der Waals surface area (Å²) < 4.78 is 27.0. The van der Waals surface area contributed by atoms with Crippen molar-refractivity contribution >= 4 is 34.0 Å². The SMILES string of the molecule is C=CCOC12Oc3ccc(Oc4cccc([N+](=O)[O-])c4)cc3C3C(CCCCO)C(CCCCO)C=C(C(=NOCC)CC1N(Cc1cccc4ccccc14)C(=O)Oc1ccc([N+](=O)[O-])cc1)C32. The van der Waals surface area contributed by atoms with Crippen molar-refractivity contribution in [1.82, 2.24) is 4.90 Å². The van der Waals surface area contributed by atoms with Gasteiger partial charge in [-0.05, 0) is 103 Å². The summed E-state index contributed by atoms with van der Waals surface area (Å²) >= 11 is 0. The predicted molar refractivity (Wildman–Crippen MR) is 258 cm³/mol. The third-order valence-electron chi connectivity index (χ3n) is 13.3. The third kappa shape index (κ3) is 10.3. The normalized spacial score (nSPS) is 21.8. The summed E-state index contributed by atoms with van der Waals surface area (Å²) in [6.45, 7) is 6.21. The largest absolute Gasteiger partial charge is 0.459 e. The van der Waals surface area contributed by atoms with Gasteiger partial charge in [-0.3, -0.25) is 25.1 Å². The highest BCUT2D eigenvalue weighted by Gasteiger charge is 2.66. The molecule has 1 saturated carbocycles. The number of fused-ring (bicyclic) bond motifs is 3. The van der Waals surface area contributed by atoms with E-state index in [4.69, 9.17) is 28.9 Å². The maximum absolute atomic E-state index is 15.2. The molecule has 69 heavy (non-hydrogen) atoms. The van der Waals surface area contributed by atoms with Crippen LogP contribution in [0, 0.1) is 38.0 Å². The number of nitro benzene ring substituents is 2.